The predicted octanol–water partition coefficient (Wildman–Crippen LogP) is 5.38. The van der Waals surface area contributed by atoms with E-state index in [0.29, 0.717) is 5.92 Å². The van der Waals surface area contributed by atoms with Crippen molar-refractivity contribution in [2.45, 2.75) is 77.4 Å². The molecule has 1 atom stereocenters. The van der Waals surface area contributed by atoms with E-state index in [-0.39, 0.29) is 0 Å². The molecular weight excluding hydrogens is 260 g/mol. The molecule has 0 amide bonds. The molecular formula is C16H33ClO2. The largest absolute Gasteiger partial charge is 0.353 e. The van der Waals surface area contributed by atoms with E-state index in [1.54, 1.807) is 14.2 Å². The maximum Gasteiger partial charge on any atom is 0.167 e. The van der Waals surface area contributed by atoms with Crippen molar-refractivity contribution < 1.29 is 9.47 Å². The van der Waals surface area contributed by atoms with Crippen LogP contribution in [-0.4, -0.2) is 25.9 Å². The monoisotopic (exact) mass is 292 g/mol. The predicted molar refractivity (Wildman–Crippen MR) is 83.9 cm³/mol. The summed E-state index contributed by atoms with van der Waals surface area (Å²) in [7, 11) is 3.47. The lowest BCUT2D eigenvalue weighted by Gasteiger charge is -2.35. The van der Waals surface area contributed by atoms with Gasteiger partial charge in [0.15, 0.2) is 5.79 Å². The zero-order valence-electron chi connectivity index (χ0n) is 13.3. The van der Waals surface area contributed by atoms with E-state index >= 15 is 0 Å². The van der Waals surface area contributed by atoms with E-state index in [9.17, 15) is 0 Å². The molecule has 0 saturated carbocycles. The van der Waals surface area contributed by atoms with Crippen LogP contribution in [0, 0.1) is 5.92 Å². The van der Waals surface area contributed by atoms with Crippen molar-refractivity contribution >= 4 is 11.6 Å². The third-order valence-corrected chi connectivity index (χ3v) is 4.41. The Kier molecular flexibility index (Phi) is 12.1. The molecule has 116 valence electrons. The fourth-order valence-electron chi connectivity index (χ4n) is 2.58. The van der Waals surface area contributed by atoms with Crippen LogP contribution >= 0.6 is 11.6 Å². The Labute approximate surface area is 125 Å². The number of ether oxygens (including phenoxy) is 2. The van der Waals surface area contributed by atoms with E-state index in [1.807, 2.05) is 6.92 Å². The SMILES string of the molecule is CCCCCCCCC(CCCCl)C(C)(OC)OC. The maximum absolute atomic E-state index is 5.82. The lowest BCUT2D eigenvalue weighted by atomic mass is 9.89. The second-order valence-electron chi connectivity index (χ2n) is 5.51. The summed E-state index contributed by atoms with van der Waals surface area (Å²) in [6.45, 7) is 4.30. The zero-order valence-corrected chi connectivity index (χ0v) is 14.1. The highest BCUT2D eigenvalue weighted by Crippen LogP contribution is 2.31. The highest BCUT2D eigenvalue weighted by Gasteiger charge is 2.33. The second-order valence-corrected chi connectivity index (χ2v) is 5.89. The van der Waals surface area contributed by atoms with Crippen LogP contribution in [0.2, 0.25) is 0 Å². The van der Waals surface area contributed by atoms with Gasteiger partial charge in [-0.05, 0) is 26.2 Å². The molecule has 1 unspecified atom stereocenters. The first-order valence-electron chi connectivity index (χ1n) is 7.80. The van der Waals surface area contributed by atoms with E-state index in [0.717, 1.165) is 18.7 Å². The summed E-state index contributed by atoms with van der Waals surface area (Å²) in [5.41, 5.74) is 0. The molecule has 0 aromatic carbocycles. The van der Waals surface area contributed by atoms with E-state index in [2.05, 4.69) is 6.92 Å². The number of hydrogen-bond acceptors (Lipinski definition) is 2. The summed E-state index contributed by atoms with van der Waals surface area (Å²) in [6.07, 6.45) is 11.3. The minimum absolute atomic E-state index is 0.437. The molecule has 0 aliphatic carbocycles. The molecule has 0 rings (SSSR count). The second kappa shape index (κ2) is 12.0. The number of hydrogen-bond donors (Lipinski definition) is 0. The van der Waals surface area contributed by atoms with Gasteiger partial charge in [-0.2, -0.15) is 0 Å². The smallest absolute Gasteiger partial charge is 0.167 e. The van der Waals surface area contributed by atoms with Gasteiger partial charge >= 0.3 is 0 Å². The summed E-state index contributed by atoms with van der Waals surface area (Å²) < 4.78 is 11.2. The Morgan fingerprint density at radius 2 is 1.42 bits per heavy atom. The van der Waals surface area contributed by atoms with E-state index < -0.39 is 5.79 Å². The molecule has 0 radical (unpaired) electrons. The van der Waals surface area contributed by atoms with Crippen LogP contribution in [0.5, 0.6) is 0 Å². The molecule has 0 saturated heterocycles. The van der Waals surface area contributed by atoms with Gasteiger partial charge in [0.1, 0.15) is 0 Å². The molecule has 0 fully saturated rings. The molecule has 0 bridgehead atoms. The van der Waals surface area contributed by atoms with Crippen LogP contribution < -0.4 is 0 Å². The van der Waals surface area contributed by atoms with Crippen molar-refractivity contribution in [3.05, 3.63) is 0 Å². The quantitative estimate of drug-likeness (QED) is 0.258. The molecule has 0 heterocycles. The third-order valence-electron chi connectivity index (χ3n) is 4.14. The Balaban J connectivity index is 4.05. The minimum atomic E-state index is -0.463. The molecule has 0 aromatic heterocycles. The van der Waals surface area contributed by atoms with Gasteiger partial charge in [-0.1, -0.05) is 45.4 Å². The van der Waals surface area contributed by atoms with Gasteiger partial charge < -0.3 is 9.47 Å². The van der Waals surface area contributed by atoms with E-state index in [4.69, 9.17) is 21.1 Å². The molecule has 0 aromatic rings. The number of rotatable bonds is 13. The van der Waals surface area contributed by atoms with E-state index in [1.165, 1.54) is 44.9 Å². The average Bonchev–Trinajstić information content (AvgIpc) is 2.45. The Hall–Kier alpha value is 0.210. The van der Waals surface area contributed by atoms with Crippen molar-refractivity contribution in [3.63, 3.8) is 0 Å². The molecule has 2 nitrogen and oxygen atoms in total. The minimum Gasteiger partial charge on any atom is -0.353 e. The Morgan fingerprint density at radius 3 is 1.95 bits per heavy atom. The molecule has 19 heavy (non-hydrogen) atoms. The van der Waals surface area contributed by atoms with Crippen molar-refractivity contribution in [3.8, 4) is 0 Å². The first-order chi connectivity index (χ1) is 9.14. The van der Waals surface area contributed by atoms with Gasteiger partial charge in [0.25, 0.3) is 0 Å². The first kappa shape index (κ1) is 19.2. The number of methoxy groups -OCH3 is 2. The van der Waals surface area contributed by atoms with Crippen LogP contribution in [0.25, 0.3) is 0 Å². The Bertz CT molecular complexity index is 193. The van der Waals surface area contributed by atoms with Gasteiger partial charge in [-0.25, -0.2) is 0 Å². The fraction of sp³-hybridized carbons (Fsp3) is 1.00. The number of alkyl halides is 1. The van der Waals surface area contributed by atoms with Crippen LogP contribution in [0.3, 0.4) is 0 Å². The molecule has 3 heteroatoms. The van der Waals surface area contributed by atoms with Crippen molar-refractivity contribution in [1.82, 2.24) is 0 Å². The summed E-state index contributed by atoms with van der Waals surface area (Å²) in [5, 5.41) is 0. The lowest BCUT2D eigenvalue weighted by molar-refractivity contribution is -0.230. The molecule has 0 aliphatic heterocycles. The summed E-state index contributed by atoms with van der Waals surface area (Å²) in [5.74, 6) is 0.693. The van der Waals surface area contributed by atoms with Crippen LogP contribution in [0.15, 0.2) is 0 Å². The summed E-state index contributed by atoms with van der Waals surface area (Å²) >= 11 is 5.82. The third kappa shape index (κ3) is 8.16. The average molecular weight is 293 g/mol. The number of halogens is 1. The number of unbranched alkanes of at least 4 members (excludes halogenated alkanes) is 5. The van der Waals surface area contributed by atoms with Crippen molar-refractivity contribution in [2.75, 3.05) is 20.1 Å². The summed E-state index contributed by atoms with van der Waals surface area (Å²) in [6, 6.07) is 0. The molecule has 0 N–H and O–H groups in total. The standard InChI is InChI=1S/C16H33ClO2/c1-5-6-7-8-9-10-12-15(13-11-14-17)16(2,18-3)19-4/h15H,5-14H2,1-4H3. The molecule has 0 spiro atoms. The van der Waals surface area contributed by atoms with Gasteiger partial charge in [-0.15, -0.1) is 11.6 Å². The zero-order chi connectivity index (χ0) is 14.6. The topological polar surface area (TPSA) is 18.5 Å². The molecule has 0 aliphatic rings. The van der Waals surface area contributed by atoms with Gasteiger partial charge in [-0.3, -0.25) is 0 Å². The first-order valence-corrected chi connectivity index (χ1v) is 8.34. The fourth-order valence-corrected chi connectivity index (χ4v) is 2.73. The van der Waals surface area contributed by atoms with Crippen LogP contribution in [0.1, 0.15) is 71.6 Å². The van der Waals surface area contributed by atoms with Gasteiger partial charge in [0.05, 0.1) is 0 Å². The lowest BCUT2D eigenvalue weighted by Crippen LogP contribution is -2.39. The van der Waals surface area contributed by atoms with Crippen LogP contribution in [0.4, 0.5) is 0 Å². The van der Waals surface area contributed by atoms with Crippen molar-refractivity contribution in [1.29, 1.82) is 0 Å². The highest BCUT2D eigenvalue weighted by atomic mass is 35.5. The maximum atomic E-state index is 5.82. The van der Waals surface area contributed by atoms with Gasteiger partial charge in [0, 0.05) is 26.0 Å². The van der Waals surface area contributed by atoms with Crippen LogP contribution in [-0.2, 0) is 9.47 Å². The van der Waals surface area contributed by atoms with Crippen molar-refractivity contribution in [2.24, 2.45) is 5.92 Å². The van der Waals surface area contributed by atoms with Gasteiger partial charge in [0.2, 0.25) is 0 Å². The summed E-state index contributed by atoms with van der Waals surface area (Å²) in [4.78, 5) is 0. The highest BCUT2D eigenvalue weighted by molar-refractivity contribution is 6.17. The Morgan fingerprint density at radius 1 is 0.895 bits per heavy atom. The normalized spacial score (nSPS) is 13.7.